The maximum Gasteiger partial charge on any atom is 0.283 e. The van der Waals surface area contributed by atoms with Gasteiger partial charge in [-0.2, -0.15) is 9.49 Å². The SMILES string of the molecule is CC1C(c2ccccc2F)=C(Cl)C2(C)CC2N1C(=O)c1c(C(F)F)nn(C)c1F. The quantitative estimate of drug-likeness (QED) is 0.653. The number of halogens is 5. The fraction of sp³-hybridized carbons (Fsp3) is 0.400. The van der Waals surface area contributed by atoms with E-state index in [1.54, 1.807) is 19.1 Å². The molecule has 1 saturated carbocycles. The number of amides is 1. The summed E-state index contributed by atoms with van der Waals surface area (Å²) in [5, 5.41) is 3.89. The Morgan fingerprint density at radius 2 is 1.97 bits per heavy atom. The normalized spacial score (nSPS) is 26.2. The molecule has 1 fully saturated rings. The van der Waals surface area contributed by atoms with Crippen LogP contribution in [0, 0.1) is 17.2 Å². The van der Waals surface area contributed by atoms with Crippen LogP contribution >= 0.6 is 11.6 Å². The van der Waals surface area contributed by atoms with Gasteiger partial charge in [0.25, 0.3) is 12.3 Å². The van der Waals surface area contributed by atoms with Crippen LogP contribution in [0.1, 0.15) is 48.3 Å². The molecule has 0 N–H and O–H groups in total. The molecule has 0 bridgehead atoms. The predicted molar refractivity (Wildman–Crippen MR) is 99.4 cm³/mol. The summed E-state index contributed by atoms with van der Waals surface area (Å²) in [6.45, 7) is 3.46. The Kier molecular flexibility index (Phi) is 4.53. The minimum atomic E-state index is -3.11. The van der Waals surface area contributed by atoms with Crippen LogP contribution in [0.3, 0.4) is 0 Å². The van der Waals surface area contributed by atoms with Crippen molar-refractivity contribution in [3.05, 3.63) is 57.9 Å². The van der Waals surface area contributed by atoms with Crippen LogP contribution in [-0.2, 0) is 7.05 Å². The molecule has 9 heteroatoms. The second kappa shape index (κ2) is 6.58. The van der Waals surface area contributed by atoms with E-state index in [1.807, 2.05) is 6.92 Å². The molecule has 1 aliphatic heterocycles. The lowest BCUT2D eigenvalue weighted by Crippen LogP contribution is -2.46. The zero-order valence-corrected chi connectivity index (χ0v) is 16.6. The van der Waals surface area contributed by atoms with Gasteiger partial charge in [-0.1, -0.05) is 36.7 Å². The van der Waals surface area contributed by atoms with Gasteiger partial charge in [0.05, 0.1) is 6.04 Å². The average Bonchev–Trinajstić information content (AvgIpc) is 3.25. The van der Waals surface area contributed by atoms with E-state index in [9.17, 15) is 22.4 Å². The van der Waals surface area contributed by atoms with Crippen molar-refractivity contribution in [2.75, 3.05) is 0 Å². The molecule has 3 atom stereocenters. The van der Waals surface area contributed by atoms with Crippen molar-refractivity contribution >= 4 is 23.1 Å². The number of aromatic nitrogens is 2. The van der Waals surface area contributed by atoms with E-state index in [1.165, 1.54) is 17.0 Å². The van der Waals surface area contributed by atoms with E-state index in [-0.39, 0.29) is 5.56 Å². The molecule has 29 heavy (non-hydrogen) atoms. The number of carbonyl (C=O) groups is 1. The van der Waals surface area contributed by atoms with Crippen LogP contribution in [0.5, 0.6) is 0 Å². The molecule has 0 radical (unpaired) electrons. The number of benzene rings is 1. The molecule has 2 aliphatic rings. The van der Waals surface area contributed by atoms with E-state index in [4.69, 9.17) is 11.6 Å². The second-order valence-corrected chi connectivity index (χ2v) is 8.09. The number of hydrogen-bond donors (Lipinski definition) is 0. The Bertz CT molecular complexity index is 1050. The summed E-state index contributed by atoms with van der Waals surface area (Å²) in [5.41, 5.74) is -1.66. The standard InChI is InChI=1S/C20H18ClF4N3O/c1-9-13(10-6-4-5-7-11(10)22)16(21)20(2)8-12(20)28(9)19(29)14-15(17(23)24)26-27(3)18(14)25/h4-7,9,12,17H,8H2,1-3H3. The number of nitrogens with zero attached hydrogens (tertiary/aromatic N) is 3. The van der Waals surface area contributed by atoms with Crippen molar-refractivity contribution in [2.24, 2.45) is 12.5 Å². The Labute approximate surface area is 169 Å². The van der Waals surface area contributed by atoms with E-state index in [2.05, 4.69) is 5.10 Å². The Morgan fingerprint density at radius 3 is 2.59 bits per heavy atom. The molecule has 4 nitrogen and oxygen atoms in total. The van der Waals surface area contributed by atoms with E-state index in [0.717, 1.165) is 7.05 Å². The molecule has 2 aromatic rings. The van der Waals surface area contributed by atoms with Gasteiger partial charge >= 0.3 is 0 Å². The molecule has 0 saturated heterocycles. The smallest absolute Gasteiger partial charge is 0.283 e. The van der Waals surface area contributed by atoms with Crippen LogP contribution in [0.15, 0.2) is 29.3 Å². The Hall–Kier alpha value is -2.35. The van der Waals surface area contributed by atoms with Crippen molar-refractivity contribution in [3.8, 4) is 0 Å². The number of aryl methyl sites for hydroxylation is 1. The highest BCUT2D eigenvalue weighted by Gasteiger charge is 2.62. The highest BCUT2D eigenvalue weighted by Crippen LogP contribution is 2.62. The van der Waals surface area contributed by atoms with Crippen molar-refractivity contribution in [1.29, 1.82) is 0 Å². The van der Waals surface area contributed by atoms with Crippen molar-refractivity contribution in [2.45, 2.75) is 38.8 Å². The number of rotatable bonds is 3. The van der Waals surface area contributed by atoms with Gasteiger partial charge in [0.15, 0.2) is 0 Å². The number of carbonyl (C=O) groups excluding carboxylic acids is 1. The molecule has 154 valence electrons. The largest absolute Gasteiger partial charge is 0.328 e. The number of fused-ring (bicyclic) bond motifs is 1. The first-order valence-corrected chi connectivity index (χ1v) is 9.45. The van der Waals surface area contributed by atoms with Crippen LogP contribution in [0.4, 0.5) is 17.6 Å². The average molecular weight is 428 g/mol. The minimum absolute atomic E-state index is 0.232. The van der Waals surface area contributed by atoms with Crippen LogP contribution in [0.25, 0.3) is 5.57 Å². The van der Waals surface area contributed by atoms with Crippen LogP contribution in [0.2, 0.25) is 0 Å². The fourth-order valence-corrected chi connectivity index (χ4v) is 4.69. The summed E-state index contributed by atoms with van der Waals surface area (Å²) in [4.78, 5) is 14.6. The van der Waals surface area contributed by atoms with Crippen molar-refractivity contribution in [1.82, 2.24) is 14.7 Å². The van der Waals surface area contributed by atoms with Crippen LogP contribution < -0.4 is 0 Å². The van der Waals surface area contributed by atoms with Gasteiger partial charge in [-0.25, -0.2) is 17.9 Å². The molecule has 2 heterocycles. The number of hydrogen-bond acceptors (Lipinski definition) is 2. The molecule has 0 spiro atoms. The van der Waals surface area contributed by atoms with Gasteiger partial charge in [-0.3, -0.25) is 4.79 Å². The third kappa shape index (κ3) is 2.79. The van der Waals surface area contributed by atoms with Crippen molar-refractivity contribution < 1.29 is 22.4 Å². The van der Waals surface area contributed by atoms with Crippen molar-refractivity contribution in [3.63, 3.8) is 0 Å². The first-order chi connectivity index (χ1) is 13.6. The highest BCUT2D eigenvalue weighted by molar-refractivity contribution is 6.34. The number of alkyl halides is 2. The zero-order valence-electron chi connectivity index (χ0n) is 15.9. The molecule has 4 rings (SSSR count). The van der Waals surface area contributed by atoms with Crippen LogP contribution in [-0.4, -0.2) is 32.7 Å². The van der Waals surface area contributed by atoms with Gasteiger partial charge < -0.3 is 4.90 Å². The van der Waals surface area contributed by atoms with Gasteiger partial charge in [-0.05, 0) is 25.0 Å². The molecular weight excluding hydrogens is 410 g/mol. The molecule has 1 aromatic carbocycles. The Morgan fingerprint density at radius 1 is 1.31 bits per heavy atom. The molecule has 1 aromatic heterocycles. The fourth-order valence-electron chi connectivity index (χ4n) is 4.23. The first-order valence-electron chi connectivity index (χ1n) is 9.07. The first kappa shape index (κ1) is 19.9. The summed E-state index contributed by atoms with van der Waals surface area (Å²) in [6.07, 6.45) is -2.63. The third-order valence-electron chi connectivity index (χ3n) is 5.92. The summed E-state index contributed by atoms with van der Waals surface area (Å²) in [6, 6.07) is 4.88. The molecule has 1 aliphatic carbocycles. The van der Waals surface area contributed by atoms with E-state index < -0.39 is 52.9 Å². The maximum atomic E-state index is 14.5. The Balaban J connectivity index is 1.84. The van der Waals surface area contributed by atoms with Gasteiger partial charge in [0.2, 0.25) is 5.95 Å². The van der Waals surface area contributed by atoms with Gasteiger partial charge in [-0.15, -0.1) is 0 Å². The molecular formula is C20H18ClF4N3O. The summed E-state index contributed by atoms with van der Waals surface area (Å²) in [5.74, 6) is -2.54. The lowest BCUT2D eigenvalue weighted by atomic mass is 9.88. The molecule has 1 amide bonds. The highest BCUT2D eigenvalue weighted by atomic mass is 35.5. The maximum absolute atomic E-state index is 14.5. The lowest BCUT2D eigenvalue weighted by molar-refractivity contribution is 0.0669. The minimum Gasteiger partial charge on any atom is -0.328 e. The lowest BCUT2D eigenvalue weighted by Gasteiger charge is -2.38. The summed E-state index contributed by atoms with van der Waals surface area (Å²) in [7, 11) is 1.15. The predicted octanol–water partition coefficient (Wildman–Crippen LogP) is 4.91. The van der Waals surface area contributed by atoms with Gasteiger partial charge in [0.1, 0.15) is 17.1 Å². The summed E-state index contributed by atoms with van der Waals surface area (Å²) >= 11 is 6.61. The summed E-state index contributed by atoms with van der Waals surface area (Å²) < 4.78 is 56.4. The topological polar surface area (TPSA) is 38.1 Å². The zero-order chi connectivity index (χ0) is 21.2. The van der Waals surface area contributed by atoms with E-state index >= 15 is 0 Å². The van der Waals surface area contributed by atoms with E-state index in [0.29, 0.717) is 21.7 Å². The molecule has 3 unspecified atom stereocenters. The monoisotopic (exact) mass is 427 g/mol. The third-order valence-corrected chi connectivity index (χ3v) is 6.56. The van der Waals surface area contributed by atoms with Gasteiger partial charge in [0, 0.05) is 29.1 Å². The second-order valence-electron chi connectivity index (χ2n) is 7.71.